The predicted octanol–water partition coefficient (Wildman–Crippen LogP) is 4.06. The lowest BCUT2D eigenvalue weighted by molar-refractivity contribution is -0.122. The molecule has 0 saturated heterocycles. The molecule has 7 nitrogen and oxygen atoms in total. The van der Waals surface area contributed by atoms with E-state index in [-0.39, 0.29) is 18.7 Å². The molecule has 2 rings (SSSR count). The van der Waals surface area contributed by atoms with E-state index in [1.165, 1.54) is 13.2 Å². The molecule has 1 amide bonds. The second kappa shape index (κ2) is 11.4. The summed E-state index contributed by atoms with van der Waals surface area (Å²) in [4.78, 5) is 15.3. The van der Waals surface area contributed by atoms with Gasteiger partial charge in [-0.05, 0) is 56.2 Å². The highest BCUT2D eigenvalue weighted by Gasteiger charge is 2.33. The third-order valence-corrected chi connectivity index (χ3v) is 6.64. The third-order valence-electron chi connectivity index (χ3n) is 5.24. The van der Waals surface area contributed by atoms with Gasteiger partial charge in [0.05, 0.1) is 19.1 Å². The number of benzene rings is 2. The van der Waals surface area contributed by atoms with Gasteiger partial charge in [-0.1, -0.05) is 30.7 Å². The SMILES string of the molecule is CC[C@H](C(=O)NCc1ccc(N(CC)CC)cc1)N(c1cc(Cl)ccc1OC)S(C)(=O)=O. The normalized spacial score (nSPS) is 12.2. The van der Waals surface area contributed by atoms with Crippen LogP contribution in [0.5, 0.6) is 5.75 Å². The number of nitrogens with zero attached hydrogens (tertiary/aromatic N) is 2. The number of sulfonamides is 1. The van der Waals surface area contributed by atoms with Crippen LogP contribution in [0.1, 0.15) is 32.8 Å². The molecule has 0 fully saturated rings. The minimum atomic E-state index is -3.80. The molecule has 176 valence electrons. The molecule has 2 aromatic rings. The first-order chi connectivity index (χ1) is 15.2. The van der Waals surface area contributed by atoms with Crippen LogP contribution >= 0.6 is 11.6 Å². The number of nitrogens with one attached hydrogen (secondary N) is 1. The van der Waals surface area contributed by atoms with E-state index in [1.807, 2.05) is 24.3 Å². The first-order valence-electron chi connectivity index (χ1n) is 10.6. The summed E-state index contributed by atoms with van der Waals surface area (Å²) >= 11 is 6.11. The van der Waals surface area contributed by atoms with Gasteiger partial charge in [-0.2, -0.15) is 0 Å². The van der Waals surface area contributed by atoms with Crippen LogP contribution in [0, 0.1) is 0 Å². The summed E-state index contributed by atoms with van der Waals surface area (Å²) < 4.78 is 31.8. The van der Waals surface area contributed by atoms with Crippen LogP contribution in [0.3, 0.4) is 0 Å². The van der Waals surface area contributed by atoms with Gasteiger partial charge >= 0.3 is 0 Å². The van der Waals surface area contributed by atoms with Crippen LogP contribution in [0.2, 0.25) is 5.02 Å². The number of ether oxygens (including phenoxy) is 1. The van der Waals surface area contributed by atoms with E-state index in [0.717, 1.165) is 34.9 Å². The molecular formula is C23H32ClN3O4S. The van der Waals surface area contributed by atoms with Crippen molar-refractivity contribution in [3.05, 3.63) is 53.1 Å². The summed E-state index contributed by atoms with van der Waals surface area (Å²) in [5.41, 5.74) is 2.27. The molecule has 0 heterocycles. The quantitative estimate of drug-likeness (QED) is 0.523. The minimum Gasteiger partial charge on any atom is -0.495 e. The van der Waals surface area contributed by atoms with Gasteiger partial charge in [-0.3, -0.25) is 9.10 Å². The Bertz CT molecular complexity index is 1010. The molecule has 32 heavy (non-hydrogen) atoms. The molecule has 0 aromatic heterocycles. The standard InChI is InChI=1S/C23H32ClN3O4S/c1-6-20(27(32(5,29)30)21-15-18(24)11-14-22(21)31-4)23(28)25-16-17-9-12-19(13-10-17)26(7-2)8-3/h9-15,20H,6-8,16H2,1-5H3,(H,25,28)/t20-/m1/s1. The number of anilines is 2. The van der Waals surface area contributed by atoms with Crippen LogP contribution in [0.25, 0.3) is 0 Å². The fourth-order valence-electron chi connectivity index (χ4n) is 3.59. The average Bonchev–Trinajstić information content (AvgIpc) is 2.76. The first kappa shape index (κ1) is 25.8. The zero-order valence-electron chi connectivity index (χ0n) is 19.3. The van der Waals surface area contributed by atoms with E-state index in [1.54, 1.807) is 19.1 Å². The second-order valence-corrected chi connectivity index (χ2v) is 9.65. The summed E-state index contributed by atoms with van der Waals surface area (Å²) in [5, 5.41) is 3.21. The van der Waals surface area contributed by atoms with Crippen LogP contribution < -0.4 is 19.3 Å². The summed E-state index contributed by atoms with van der Waals surface area (Å²) in [7, 11) is -2.36. The molecule has 0 bridgehead atoms. The van der Waals surface area contributed by atoms with Gasteiger partial charge in [0.15, 0.2) is 0 Å². The number of hydrogen-bond donors (Lipinski definition) is 1. The molecule has 0 unspecified atom stereocenters. The fourth-order valence-corrected chi connectivity index (χ4v) is 4.96. The predicted molar refractivity (Wildman–Crippen MR) is 131 cm³/mol. The number of carbonyl (C=O) groups excluding carboxylic acids is 1. The van der Waals surface area contributed by atoms with Gasteiger partial charge < -0.3 is 15.0 Å². The van der Waals surface area contributed by atoms with Crippen molar-refractivity contribution in [3.8, 4) is 5.75 Å². The largest absolute Gasteiger partial charge is 0.495 e. The van der Waals surface area contributed by atoms with Crippen LogP contribution in [0.15, 0.2) is 42.5 Å². The van der Waals surface area contributed by atoms with Crippen molar-refractivity contribution in [2.24, 2.45) is 0 Å². The van der Waals surface area contributed by atoms with E-state index in [9.17, 15) is 13.2 Å². The molecule has 2 aromatic carbocycles. The van der Waals surface area contributed by atoms with Crippen molar-refractivity contribution >= 4 is 38.9 Å². The monoisotopic (exact) mass is 481 g/mol. The Kier molecular flexibility index (Phi) is 9.21. The smallest absolute Gasteiger partial charge is 0.244 e. The van der Waals surface area contributed by atoms with Crippen LogP contribution in [0.4, 0.5) is 11.4 Å². The van der Waals surface area contributed by atoms with Crippen molar-refractivity contribution in [1.82, 2.24) is 5.32 Å². The second-order valence-electron chi connectivity index (χ2n) is 7.36. The molecule has 9 heteroatoms. The topological polar surface area (TPSA) is 79.0 Å². The lowest BCUT2D eigenvalue weighted by atomic mass is 10.1. The van der Waals surface area contributed by atoms with Gasteiger partial charge in [0, 0.05) is 30.3 Å². The van der Waals surface area contributed by atoms with Gasteiger partial charge in [0.1, 0.15) is 11.8 Å². The summed E-state index contributed by atoms with van der Waals surface area (Å²) in [6.45, 7) is 8.09. The number of methoxy groups -OCH3 is 1. The summed E-state index contributed by atoms with van der Waals surface area (Å²) in [6, 6.07) is 11.7. The van der Waals surface area contributed by atoms with Crippen molar-refractivity contribution in [3.63, 3.8) is 0 Å². The molecular weight excluding hydrogens is 450 g/mol. The first-order valence-corrected chi connectivity index (χ1v) is 12.8. The van der Waals surface area contributed by atoms with Crippen molar-refractivity contribution < 1.29 is 17.9 Å². The number of carbonyl (C=O) groups is 1. The van der Waals surface area contributed by atoms with Crippen molar-refractivity contribution in [2.45, 2.75) is 39.8 Å². The Hall–Kier alpha value is -2.45. The van der Waals surface area contributed by atoms with Crippen molar-refractivity contribution in [2.75, 3.05) is 35.7 Å². The highest BCUT2D eigenvalue weighted by Crippen LogP contribution is 2.34. The average molecular weight is 482 g/mol. The highest BCUT2D eigenvalue weighted by molar-refractivity contribution is 7.92. The zero-order valence-corrected chi connectivity index (χ0v) is 20.8. The Labute approximate surface area is 196 Å². The van der Waals surface area contributed by atoms with E-state index < -0.39 is 22.0 Å². The van der Waals surface area contributed by atoms with E-state index >= 15 is 0 Å². The minimum absolute atomic E-state index is 0.230. The van der Waals surface area contributed by atoms with Gasteiger partial charge in [0.2, 0.25) is 15.9 Å². The van der Waals surface area contributed by atoms with E-state index in [2.05, 4.69) is 24.1 Å². The molecule has 0 aliphatic carbocycles. The molecule has 0 aliphatic heterocycles. The van der Waals surface area contributed by atoms with Crippen LogP contribution in [-0.2, 0) is 21.4 Å². The van der Waals surface area contributed by atoms with Gasteiger partial charge in [0.25, 0.3) is 0 Å². The number of hydrogen-bond acceptors (Lipinski definition) is 5. The zero-order chi connectivity index (χ0) is 23.9. The lowest BCUT2D eigenvalue weighted by Crippen LogP contribution is -2.49. The van der Waals surface area contributed by atoms with Gasteiger partial charge in [-0.25, -0.2) is 8.42 Å². The Morgan fingerprint density at radius 1 is 1.09 bits per heavy atom. The summed E-state index contributed by atoms with van der Waals surface area (Å²) in [6.07, 6.45) is 1.34. The number of rotatable bonds is 11. The molecule has 0 radical (unpaired) electrons. The fraction of sp³-hybridized carbons (Fsp3) is 0.435. The molecule has 0 aliphatic rings. The van der Waals surface area contributed by atoms with E-state index in [4.69, 9.17) is 16.3 Å². The number of amides is 1. The molecule has 1 atom stereocenters. The maximum atomic E-state index is 13.1. The molecule has 0 saturated carbocycles. The van der Waals surface area contributed by atoms with Crippen molar-refractivity contribution in [1.29, 1.82) is 0 Å². The Morgan fingerprint density at radius 2 is 1.72 bits per heavy atom. The Balaban J connectivity index is 2.25. The number of halogens is 1. The van der Waals surface area contributed by atoms with Crippen LogP contribution in [-0.4, -0.2) is 46.8 Å². The van der Waals surface area contributed by atoms with Gasteiger partial charge in [-0.15, -0.1) is 0 Å². The maximum Gasteiger partial charge on any atom is 0.244 e. The maximum absolute atomic E-state index is 13.1. The third kappa shape index (κ3) is 6.29. The molecule has 0 spiro atoms. The lowest BCUT2D eigenvalue weighted by Gasteiger charge is -2.31. The highest BCUT2D eigenvalue weighted by atomic mass is 35.5. The molecule has 1 N–H and O–H groups in total. The van der Waals surface area contributed by atoms with E-state index in [0.29, 0.717) is 10.8 Å². The Morgan fingerprint density at radius 3 is 2.22 bits per heavy atom. The summed E-state index contributed by atoms with van der Waals surface area (Å²) in [5.74, 6) is -0.0779.